The Balaban J connectivity index is 1.54. The second kappa shape index (κ2) is 27.1. The van der Waals surface area contributed by atoms with Crippen LogP contribution in [0.15, 0.2) is 58.5 Å². The van der Waals surface area contributed by atoms with Gasteiger partial charge >= 0.3 is 11.9 Å². The molecule has 3 aromatic rings. The summed E-state index contributed by atoms with van der Waals surface area (Å²) in [4.78, 5) is 149. The van der Waals surface area contributed by atoms with Gasteiger partial charge in [-0.25, -0.2) is 13.2 Å². The first kappa shape index (κ1) is 61.2. The van der Waals surface area contributed by atoms with Gasteiger partial charge in [0.15, 0.2) is 4.90 Å². The number of sulfonamides is 1. The number of methoxy groups -OCH3 is 1. The Morgan fingerprint density at radius 2 is 1.58 bits per heavy atom. The van der Waals surface area contributed by atoms with Crippen LogP contribution in [-0.4, -0.2) is 168 Å². The van der Waals surface area contributed by atoms with Crippen LogP contribution in [0.4, 0.5) is 5.69 Å². The molecule has 0 saturated carbocycles. The number of likely N-dealkylation sites (tertiary alicyclic amines) is 1. The number of ether oxygens (including phenoxy) is 2. The van der Waals surface area contributed by atoms with Gasteiger partial charge < -0.3 is 62.1 Å². The lowest BCUT2D eigenvalue weighted by Gasteiger charge is -2.31. The molecule has 2 aromatic carbocycles. The van der Waals surface area contributed by atoms with Gasteiger partial charge in [0.2, 0.25) is 57.3 Å². The number of carboxylic acids is 1. The fourth-order valence-electron chi connectivity index (χ4n) is 8.71. The number of aromatic amines is 1. The summed E-state index contributed by atoms with van der Waals surface area (Å²) in [7, 11) is -3.60. The van der Waals surface area contributed by atoms with Crippen molar-refractivity contribution in [1.29, 1.82) is 0 Å². The van der Waals surface area contributed by atoms with E-state index in [2.05, 4.69) is 41.6 Å². The molecule has 10 atom stereocenters. The normalized spacial score (nSPS) is 21.8. The Kier molecular flexibility index (Phi) is 21.2. The van der Waals surface area contributed by atoms with Crippen molar-refractivity contribution < 1.29 is 75.9 Å². The Morgan fingerprint density at radius 1 is 0.936 bits per heavy atom. The van der Waals surface area contributed by atoms with Crippen molar-refractivity contribution in [3.8, 4) is 0 Å². The number of rotatable bonds is 18. The van der Waals surface area contributed by atoms with E-state index in [1.165, 1.54) is 33.1 Å². The lowest BCUT2D eigenvalue weighted by atomic mass is 9.96. The van der Waals surface area contributed by atoms with Gasteiger partial charge in [-0.05, 0) is 30.5 Å². The molecule has 0 aliphatic carbocycles. The summed E-state index contributed by atoms with van der Waals surface area (Å²) in [5.41, 5.74) is 5.49. The van der Waals surface area contributed by atoms with Crippen molar-refractivity contribution in [3.05, 3.63) is 64.2 Å². The number of nitrogens with two attached hydrogens (primary N) is 1. The number of nitro benzene ring substituents is 1. The van der Waals surface area contributed by atoms with E-state index in [1.807, 2.05) is 0 Å². The Bertz CT molecular complexity index is 2920. The van der Waals surface area contributed by atoms with Crippen molar-refractivity contribution in [2.24, 2.45) is 17.6 Å². The average molecular weight is 1130 g/mol. The number of nitrogens with one attached hydrogen (secondary N) is 8. The van der Waals surface area contributed by atoms with Gasteiger partial charge in [0.05, 0.1) is 35.6 Å². The van der Waals surface area contributed by atoms with Crippen LogP contribution in [0.3, 0.4) is 0 Å². The molecule has 2 aliphatic heterocycles. The van der Waals surface area contributed by atoms with E-state index in [0.29, 0.717) is 17.3 Å². The molecule has 0 bridgehead atoms. The smallest absolute Gasteiger partial charge is 0.326 e. The Morgan fingerprint density at radius 3 is 2.21 bits per heavy atom. The maximum absolute atomic E-state index is 14.6. The van der Waals surface area contributed by atoms with Crippen molar-refractivity contribution in [1.82, 2.24) is 46.5 Å². The number of carboxylic acid groups (broad SMARTS) is 1. The fraction of sp³-hybridized carbons (Fsp3) is 0.500. The number of H-pyrrole nitrogens is 1. The van der Waals surface area contributed by atoms with Crippen molar-refractivity contribution in [2.45, 2.75) is 119 Å². The predicted octanol–water partition coefficient (Wildman–Crippen LogP) is -1.55. The van der Waals surface area contributed by atoms with Crippen LogP contribution in [0.5, 0.6) is 0 Å². The summed E-state index contributed by atoms with van der Waals surface area (Å²) in [6.45, 7) is 5.51. The van der Waals surface area contributed by atoms with Crippen LogP contribution < -0.4 is 42.4 Å². The highest BCUT2D eigenvalue weighted by molar-refractivity contribution is 7.99. The number of para-hydroxylation sites is 2. The average Bonchev–Trinajstić information content (AvgIpc) is 4.01. The standard InChI is InChI=1S/C48H63N11O17S2/c1-7-23(2)40-45(67)51-19-38(62)52-33(43(65)53-32(18-37(49)61)47(68)58-21-27(75-6)16-35(58)44(66)56-41(48(69)70)24(3)25(4)76-26(5)60)22-77-46-29(28-12-8-9-13-30(28)54-46)17-31(42(64)50-20-39(63)55-40)57-78(73,74)36-15-11-10-14-34(36)59(71)72/h8-15,23-25,27,31-33,35,40-41,54,57H,7,16-22H2,1-6H3,(H2,49,61)(H,50,64)(H,51,67)(H,52,62)(H,53,65)(H,55,63)(H,56,66)(H,69,70)/t23-,24-,25-,27+,31?,32?,33?,35-,40-,41?/m0/s1. The third-order valence-corrected chi connectivity index (χ3v) is 15.9. The zero-order valence-corrected chi connectivity index (χ0v) is 44.9. The fourth-order valence-corrected chi connectivity index (χ4v) is 11.2. The summed E-state index contributed by atoms with van der Waals surface area (Å²) in [5, 5.41) is 37.4. The van der Waals surface area contributed by atoms with E-state index in [4.69, 9.17) is 15.2 Å². The number of aromatic nitrogens is 1. The highest BCUT2D eigenvalue weighted by Gasteiger charge is 2.45. The third kappa shape index (κ3) is 15.7. The molecule has 4 unspecified atom stereocenters. The molecule has 30 heteroatoms. The van der Waals surface area contributed by atoms with Gasteiger partial charge in [0.1, 0.15) is 42.4 Å². The number of hydrogen-bond donors (Lipinski definition) is 10. The molecule has 1 fully saturated rings. The van der Waals surface area contributed by atoms with Crippen LogP contribution in [0, 0.1) is 22.0 Å². The quantitative estimate of drug-likeness (QED) is 0.0392. The van der Waals surface area contributed by atoms with Gasteiger partial charge in [-0.2, -0.15) is 4.72 Å². The number of nitrogens with zero attached hydrogens (tertiary/aromatic N) is 2. The maximum Gasteiger partial charge on any atom is 0.326 e. The number of primary amides is 1. The number of thioether (sulfide) groups is 1. The molecule has 424 valence electrons. The van der Waals surface area contributed by atoms with Gasteiger partial charge in [0.25, 0.3) is 5.69 Å². The molecule has 1 aromatic heterocycles. The second-order valence-electron chi connectivity index (χ2n) is 18.7. The van der Waals surface area contributed by atoms with Gasteiger partial charge in [-0.3, -0.25) is 53.3 Å². The lowest BCUT2D eigenvalue weighted by molar-refractivity contribution is -0.387. The molecular weight excluding hydrogens is 1070 g/mol. The molecule has 28 nitrogen and oxygen atoms in total. The third-order valence-electron chi connectivity index (χ3n) is 13.2. The minimum atomic E-state index is -4.90. The number of carbonyl (C=O) groups excluding carboxylic acids is 9. The molecule has 0 spiro atoms. The van der Waals surface area contributed by atoms with Crippen LogP contribution in [0.1, 0.15) is 59.4 Å². The predicted molar refractivity (Wildman–Crippen MR) is 276 cm³/mol. The van der Waals surface area contributed by atoms with Gasteiger partial charge in [-0.15, -0.1) is 11.8 Å². The minimum Gasteiger partial charge on any atom is -0.480 e. The summed E-state index contributed by atoms with van der Waals surface area (Å²) < 4.78 is 40.8. The minimum absolute atomic E-state index is 0.170. The molecule has 11 N–H and O–H groups in total. The zero-order valence-electron chi connectivity index (χ0n) is 43.3. The number of hydrogen-bond acceptors (Lipinski definition) is 17. The molecule has 2 aliphatic rings. The first-order valence-corrected chi connectivity index (χ1v) is 27.0. The Labute approximate surface area is 451 Å². The van der Waals surface area contributed by atoms with Crippen molar-refractivity contribution in [3.63, 3.8) is 0 Å². The van der Waals surface area contributed by atoms with E-state index in [-0.39, 0.29) is 23.6 Å². The molecular formula is C48H63N11O17S2. The number of esters is 1. The van der Waals surface area contributed by atoms with Crippen LogP contribution in [0.2, 0.25) is 0 Å². The van der Waals surface area contributed by atoms with Gasteiger partial charge in [-0.1, -0.05) is 57.5 Å². The van der Waals surface area contributed by atoms with E-state index >= 15 is 0 Å². The molecule has 5 rings (SSSR count). The number of aliphatic carboxylic acids is 1. The second-order valence-corrected chi connectivity index (χ2v) is 21.4. The summed E-state index contributed by atoms with van der Waals surface area (Å²) >= 11 is 0.871. The maximum atomic E-state index is 14.6. The molecule has 1 saturated heterocycles. The highest BCUT2D eigenvalue weighted by atomic mass is 32.2. The van der Waals surface area contributed by atoms with Crippen molar-refractivity contribution in [2.75, 3.05) is 32.5 Å². The number of carbonyl (C=O) groups is 10. The largest absolute Gasteiger partial charge is 0.480 e. The summed E-state index contributed by atoms with van der Waals surface area (Å²) in [6.07, 6.45) is -2.98. The van der Waals surface area contributed by atoms with E-state index in [0.717, 1.165) is 35.7 Å². The van der Waals surface area contributed by atoms with Crippen LogP contribution in [0.25, 0.3) is 10.9 Å². The lowest BCUT2D eigenvalue weighted by Crippen LogP contribution is -2.59. The monoisotopic (exact) mass is 1130 g/mol. The summed E-state index contributed by atoms with van der Waals surface area (Å²) in [6, 6.07) is 1.32. The molecule has 8 amide bonds. The van der Waals surface area contributed by atoms with Crippen LogP contribution in [-0.2, 0) is 73.9 Å². The highest BCUT2D eigenvalue weighted by Crippen LogP contribution is 2.33. The number of fused-ring (bicyclic) bond motifs is 3. The molecule has 78 heavy (non-hydrogen) atoms. The number of nitro groups is 1. The zero-order chi connectivity index (χ0) is 57.8. The van der Waals surface area contributed by atoms with E-state index in [1.54, 1.807) is 38.1 Å². The van der Waals surface area contributed by atoms with E-state index in [9.17, 15) is 71.6 Å². The van der Waals surface area contributed by atoms with E-state index < -0.39 is 177 Å². The Hall–Kier alpha value is -7.70. The van der Waals surface area contributed by atoms with Gasteiger partial charge in [0, 0.05) is 62.1 Å². The number of benzene rings is 2. The molecule has 3 heterocycles. The number of amides is 8. The topological polar surface area (TPSA) is 416 Å². The first-order chi connectivity index (χ1) is 36.8. The first-order valence-electron chi connectivity index (χ1n) is 24.5. The molecule has 0 radical (unpaired) electrons. The van der Waals surface area contributed by atoms with Crippen molar-refractivity contribution >= 4 is 97.6 Å². The van der Waals surface area contributed by atoms with Crippen LogP contribution >= 0.6 is 11.8 Å². The SMILES string of the molecule is CC[C@H](C)[C@@H]1NC(=O)CNC(=O)C(NS(=O)(=O)c2ccccc2[N+](=O)[O-])Cc2c([nH]c3ccccc23)SCC(C(=O)NC(CC(N)=O)C(=O)N2C[C@H](OC)C[C@H]2C(=O)NC(C(=O)O)[C@@H](C)[C@H](C)OC(C)=O)NC(=O)CNC1=O. The summed E-state index contributed by atoms with van der Waals surface area (Å²) in [5.74, 6) is -12.1.